The van der Waals surface area contributed by atoms with Crippen LogP contribution < -0.4 is 0 Å². The van der Waals surface area contributed by atoms with Crippen LogP contribution in [0.2, 0.25) is 0 Å². The molecule has 1 aromatic heterocycles. The molecule has 0 spiro atoms. The molecule has 1 rings (SSSR count). The van der Waals surface area contributed by atoms with Crippen molar-refractivity contribution in [3.8, 4) is 5.88 Å². The minimum absolute atomic E-state index is 0.373. The Morgan fingerprint density at radius 3 is 2.31 bits per heavy atom. The molecule has 0 radical (unpaired) electrons. The van der Waals surface area contributed by atoms with Crippen molar-refractivity contribution < 1.29 is 5.11 Å². The van der Waals surface area contributed by atoms with Crippen LogP contribution in [0.15, 0.2) is 0 Å². The van der Waals surface area contributed by atoms with Gasteiger partial charge in [0.1, 0.15) is 0 Å². The molecule has 0 saturated heterocycles. The van der Waals surface area contributed by atoms with Crippen LogP contribution in [0.5, 0.6) is 5.88 Å². The molecular weight excluding hydrogens is 200 g/mol. The van der Waals surface area contributed by atoms with E-state index in [-0.39, 0.29) is 0 Å². The molecule has 1 aromatic rings. The zero-order chi connectivity index (χ0) is 12.3. The molecule has 3 nitrogen and oxygen atoms in total. The first-order valence-electron chi connectivity index (χ1n) is 6.25. The highest BCUT2D eigenvalue weighted by atomic mass is 16.3. The SMILES string of the molecule is CCCn1nc(C(C)C)c(CC(C)C)c1O. The molecule has 0 bridgehead atoms. The average Bonchev–Trinajstić information content (AvgIpc) is 2.46. The van der Waals surface area contributed by atoms with Crippen molar-refractivity contribution in [1.82, 2.24) is 9.78 Å². The first-order chi connectivity index (χ1) is 7.47. The van der Waals surface area contributed by atoms with Crippen molar-refractivity contribution in [3.63, 3.8) is 0 Å². The summed E-state index contributed by atoms with van der Waals surface area (Å²) in [5.74, 6) is 1.29. The van der Waals surface area contributed by atoms with Gasteiger partial charge in [0.15, 0.2) is 0 Å². The molecule has 92 valence electrons. The molecule has 0 aliphatic rings. The molecule has 0 saturated carbocycles. The number of aromatic nitrogens is 2. The molecule has 3 heteroatoms. The fourth-order valence-electron chi connectivity index (χ4n) is 1.94. The van der Waals surface area contributed by atoms with Gasteiger partial charge in [0.25, 0.3) is 0 Å². The molecule has 1 heterocycles. The summed E-state index contributed by atoms with van der Waals surface area (Å²) in [5.41, 5.74) is 2.10. The molecule has 0 unspecified atom stereocenters. The third kappa shape index (κ3) is 2.77. The predicted octanol–water partition coefficient (Wildman–Crippen LogP) is 3.32. The molecule has 0 fully saturated rings. The number of hydrogen-bond donors (Lipinski definition) is 1. The third-order valence-corrected chi connectivity index (χ3v) is 2.65. The van der Waals surface area contributed by atoms with E-state index >= 15 is 0 Å². The minimum atomic E-state index is 0.373. The second kappa shape index (κ2) is 5.37. The van der Waals surface area contributed by atoms with Crippen molar-refractivity contribution in [2.75, 3.05) is 0 Å². The van der Waals surface area contributed by atoms with Gasteiger partial charge >= 0.3 is 0 Å². The maximum atomic E-state index is 10.1. The van der Waals surface area contributed by atoms with Crippen LogP contribution in [-0.2, 0) is 13.0 Å². The summed E-state index contributed by atoms with van der Waals surface area (Å²) in [6.45, 7) is 11.5. The zero-order valence-corrected chi connectivity index (χ0v) is 11.1. The number of nitrogens with zero attached hydrogens (tertiary/aromatic N) is 2. The van der Waals surface area contributed by atoms with Gasteiger partial charge in [0, 0.05) is 12.1 Å². The van der Waals surface area contributed by atoms with Crippen molar-refractivity contribution >= 4 is 0 Å². The lowest BCUT2D eigenvalue weighted by molar-refractivity contribution is 0.390. The second-order valence-corrected chi connectivity index (χ2v) is 5.16. The Bertz CT molecular complexity index is 340. The van der Waals surface area contributed by atoms with Crippen molar-refractivity contribution in [2.24, 2.45) is 5.92 Å². The summed E-state index contributed by atoms with van der Waals surface area (Å²) in [4.78, 5) is 0. The first kappa shape index (κ1) is 13.1. The van der Waals surface area contributed by atoms with E-state index in [1.165, 1.54) is 0 Å². The van der Waals surface area contributed by atoms with Crippen molar-refractivity contribution in [1.29, 1.82) is 0 Å². The third-order valence-electron chi connectivity index (χ3n) is 2.65. The summed E-state index contributed by atoms with van der Waals surface area (Å²) in [7, 11) is 0. The largest absolute Gasteiger partial charge is 0.493 e. The molecule has 0 atom stereocenters. The van der Waals surface area contributed by atoms with E-state index in [4.69, 9.17) is 0 Å². The van der Waals surface area contributed by atoms with Gasteiger partial charge in [0.2, 0.25) is 5.88 Å². The van der Waals surface area contributed by atoms with E-state index in [2.05, 4.69) is 39.7 Å². The van der Waals surface area contributed by atoms with Crippen LogP contribution in [0.4, 0.5) is 0 Å². The number of aromatic hydroxyl groups is 1. The van der Waals surface area contributed by atoms with Crippen LogP contribution in [0.1, 0.15) is 58.2 Å². The molecule has 0 amide bonds. The average molecular weight is 224 g/mol. The topological polar surface area (TPSA) is 38.0 Å². The molecular formula is C13H24N2O. The van der Waals surface area contributed by atoms with E-state index in [1.807, 2.05) is 0 Å². The summed E-state index contributed by atoms with van der Waals surface area (Å²) in [6.07, 6.45) is 1.90. The number of aryl methyl sites for hydroxylation is 1. The lowest BCUT2D eigenvalue weighted by Crippen LogP contribution is -2.00. The lowest BCUT2D eigenvalue weighted by Gasteiger charge is -2.07. The number of hydrogen-bond acceptors (Lipinski definition) is 2. The van der Waals surface area contributed by atoms with E-state index in [9.17, 15) is 5.11 Å². The van der Waals surface area contributed by atoms with E-state index in [0.29, 0.717) is 17.7 Å². The molecule has 0 aliphatic heterocycles. The van der Waals surface area contributed by atoms with Gasteiger partial charge in [-0.25, -0.2) is 4.68 Å². The Labute approximate surface area is 98.5 Å². The Morgan fingerprint density at radius 2 is 1.88 bits per heavy atom. The minimum Gasteiger partial charge on any atom is -0.493 e. The molecule has 0 aromatic carbocycles. The molecule has 0 aliphatic carbocycles. The van der Waals surface area contributed by atoms with Gasteiger partial charge in [-0.2, -0.15) is 5.10 Å². The van der Waals surface area contributed by atoms with Crippen molar-refractivity contribution in [3.05, 3.63) is 11.3 Å². The fraction of sp³-hybridized carbons (Fsp3) is 0.769. The standard InChI is InChI=1S/C13H24N2O/c1-6-7-15-13(16)11(8-9(2)3)12(14-15)10(4)5/h9-10,16H,6-8H2,1-5H3. The monoisotopic (exact) mass is 224 g/mol. The molecule has 16 heavy (non-hydrogen) atoms. The van der Waals surface area contributed by atoms with Gasteiger partial charge in [-0.15, -0.1) is 0 Å². The fourth-order valence-corrected chi connectivity index (χ4v) is 1.94. The maximum absolute atomic E-state index is 10.1. The van der Waals surface area contributed by atoms with Gasteiger partial charge in [-0.3, -0.25) is 0 Å². The van der Waals surface area contributed by atoms with Crippen LogP contribution in [0, 0.1) is 5.92 Å². The molecule has 1 N–H and O–H groups in total. The number of rotatable bonds is 5. The van der Waals surface area contributed by atoms with Crippen LogP contribution in [0.3, 0.4) is 0 Å². The Hall–Kier alpha value is -0.990. The first-order valence-corrected chi connectivity index (χ1v) is 6.25. The van der Waals surface area contributed by atoms with E-state index < -0.39 is 0 Å². The summed E-state index contributed by atoms with van der Waals surface area (Å²) in [6, 6.07) is 0. The highest BCUT2D eigenvalue weighted by molar-refractivity contribution is 5.33. The lowest BCUT2D eigenvalue weighted by atomic mass is 9.98. The predicted molar refractivity (Wildman–Crippen MR) is 66.8 cm³/mol. The van der Waals surface area contributed by atoms with Crippen molar-refractivity contribution in [2.45, 2.75) is 59.9 Å². The second-order valence-electron chi connectivity index (χ2n) is 5.16. The summed E-state index contributed by atoms with van der Waals surface area (Å²) >= 11 is 0. The normalized spacial score (nSPS) is 11.7. The van der Waals surface area contributed by atoms with E-state index in [0.717, 1.165) is 30.6 Å². The summed E-state index contributed by atoms with van der Waals surface area (Å²) < 4.78 is 1.74. The van der Waals surface area contributed by atoms with Gasteiger partial charge in [0.05, 0.1) is 5.69 Å². The smallest absolute Gasteiger partial charge is 0.212 e. The van der Waals surface area contributed by atoms with Crippen LogP contribution >= 0.6 is 0 Å². The zero-order valence-electron chi connectivity index (χ0n) is 11.1. The van der Waals surface area contributed by atoms with Crippen LogP contribution in [0.25, 0.3) is 0 Å². The van der Waals surface area contributed by atoms with E-state index in [1.54, 1.807) is 4.68 Å². The van der Waals surface area contributed by atoms with Gasteiger partial charge < -0.3 is 5.11 Å². The van der Waals surface area contributed by atoms with Gasteiger partial charge in [-0.1, -0.05) is 34.6 Å². The highest BCUT2D eigenvalue weighted by Crippen LogP contribution is 2.29. The van der Waals surface area contributed by atoms with Gasteiger partial charge in [-0.05, 0) is 24.7 Å². The Balaban J connectivity index is 3.10. The van der Waals surface area contributed by atoms with Crippen LogP contribution in [-0.4, -0.2) is 14.9 Å². The maximum Gasteiger partial charge on any atom is 0.212 e. The summed E-state index contributed by atoms with van der Waals surface area (Å²) in [5, 5.41) is 14.7. The Morgan fingerprint density at radius 1 is 1.25 bits per heavy atom. The Kier molecular flexibility index (Phi) is 4.39. The highest BCUT2D eigenvalue weighted by Gasteiger charge is 2.19. The quantitative estimate of drug-likeness (QED) is 0.833.